The molecule has 1 atom stereocenters. The number of carbonyl (C=O) groups excluding carboxylic acids is 1. The molecule has 0 radical (unpaired) electrons. The number of carboxylic acids is 1. The number of amides is 1. The first-order valence-corrected chi connectivity index (χ1v) is 8.36. The minimum atomic E-state index is -1.15. The Morgan fingerprint density at radius 2 is 2.08 bits per heavy atom. The Bertz CT molecular complexity index is 817. The average molecular weight is 356 g/mol. The molecule has 0 spiro atoms. The van der Waals surface area contributed by atoms with Gasteiger partial charge in [-0.2, -0.15) is 0 Å². The average Bonchev–Trinajstić information content (AvgIpc) is 3.07. The zero-order valence-electron chi connectivity index (χ0n) is 14.6. The minimum Gasteiger partial charge on any atom is -0.493 e. The van der Waals surface area contributed by atoms with Crippen LogP contribution in [0.4, 0.5) is 0 Å². The van der Waals surface area contributed by atoms with Crippen LogP contribution < -0.4 is 14.8 Å². The van der Waals surface area contributed by atoms with Gasteiger partial charge in [0.2, 0.25) is 5.88 Å². The number of aromatic nitrogens is 1. The second kappa shape index (κ2) is 7.43. The summed E-state index contributed by atoms with van der Waals surface area (Å²) < 4.78 is 10.9. The molecule has 0 saturated carbocycles. The van der Waals surface area contributed by atoms with Gasteiger partial charge in [-0.05, 0) is 43.2 Å². The molecule has 2 aromatic rings. The molecule has 7 heteroatoms. The fourth-order valence-corrected chi connectivity index (χ4v) is 2.71. The smallest absolute Gasteiger partial charge is 0.330 e. The van der Waals surface area contributed by atoms with E-state index in [9.17, 15) is 14.7 Å². The van der Waals surface area contributed by atoms with E-state index in [1.807, 2.05) is 13.8 Å². The number of pyridine rings is 1. The van der Waals surface area contributed by atoms with Crippen molar-refractivity contribution in [1.29, 1.82) is 0 Å². The zero-order valence-corrected chi connectivity index (χ0v) is 14.6. The van der Waals surface area contributed by atoms with E-state index in [1.165, 1.54) is 6.20 Å². The lowest BCUT2D eigenvalue weighted by Crippen LogP contribution is -2.33. The summed E-state index contributed by atoms with van der Waals surface area (Å²) in [6, 6.07) is 7.13. The van der Waals surface area contributed by atoms with Gasteiger partial charge in [-0.25, -0.2) is 9.78 Å². The van der Waals surface area contributed by atoms with E-state index in [4.69, 9.17) is 9.47 Å². The summed E-state index contributed by atoms with van der Waals surface area (Å²) in [5, 5.41) is 12.1. The number of nitrogens with one attached hydrogen (secondary N) is 1. The molecule has 0 saturated heterocycles. The number of carbonyl (C=O) groups is 2. The van der Waals surface area contributed by atoms with Gasteiger partial charge in [-0.1, -0.05) is 6.07 Å². The summed E-state index contributed by atoms with van der Waals surface area (Å²) in [4.78, 5) is 28.1. The maximum atomic E-state index is 12.4. The number of fused-ring (bicyclic) bond motifs is 1. The van der Waals surface area contributed by atoms with Crippen LogP contribution in [0.5, 0.6) is 11.6 Å². The van der Waals surface area contributed by atoms with Gasteiger partial charge in [0, 0.05) is 18.7 Å². The molecule has 1 amide bonds. The minimum absolute atomic E-state index is 0.0256. The first kappa shape index (κ1) is 17.7. The molecule has 2 heterocycles. The van der Waals surface area contributed by atoms with Crippen LogP contribution >= 0.6 is 0 Å². The van der Waals surface area contributed by atoms with Gasteiger partial charge in [0.25, 0.3) is 5.91 Å². The fraction of sp³-hybridized carbons (Fsp3) is 0.316. The van der Waals surface area contributed by atoms with Crippen molar-refractivity contribution in [2.45, 2.75) is 32.4 Å². The Balaban J connectivity index is 1.75. The van der Waals surface area contributed by atoms with Crippen LogP contribution in [0.1, 0.15) is 41.4 Å². The number of hydrogen-bond donors (Lipinski definition) is 2. The van der Waals surface area contributed by atoms with Crippen molar-refractivity contribution in [1.82, 2.24) is 10.3 Å². The molecule has 1 aliphatic rings. The molecule has 0 fully saturated rings. The van der Waals surface area contributed by atoms with E-state index in [1.54, 1.807) is 30.3 Å². The van der Waals surface area contributed by atoms with Crippen LogP contribution in [0, 0.1) is 0 Å². The maximum absolute atomic E-state index is 12.4. The van der Waals surface area contributed by atoms with E-state index >= 15 is 0 Å². The molecule has 26 heavy (non-hydrogen) atoms. The van der Waals surface area contributed by atoms with Crippen LogP contribution in [0.2, 0.25) is 0 Å². The molecule has 1 unspecified atom stereocenters. The zero-order chi connectivity index (χ0) is 18.7. The number of nitrogens with zero attached hydrogens (tertiary/aromatic N) is 1. The molecule has 1 aliphatic heterocycles. The standard InChI is InChI=1S/C19H20N2O5/c1-11(2)26-16-6-4-14(10-20-16)18(22)21-17(19(23)24)13-3-5-15-12(9-13)7-8-25-15/h3-6,9-11,17H,7-8H2,1-2H3,(H,21,22)(H,23,24). The molecule has 0 aliphatic carbocycles. The third kappa shape index (κ3) is 3.93. The Kier molecular flexibility index (Phi) is 5.06. The van der Waals surface area contributed by atoms with Gasteiger partial charge in [0.1, 0.15) is 5.75 Å². The van der Waals surface area contributed by atoms with Crippen LogP contribution in [0.15, 0.2) is 36.5 Å². The molecule has 1 aromatic heterocycles. The number of aliphatic carboxylic acids is 1. The highest BCUT2D eigenvalue weighted by Crippen LogP contribution is 2.28. The van der Waals surface area contributed by atoms with Gasteiger partial charge >= 0.3 is 5.97 Å². The van der Waals surface area contributed by atoms with Crippen LogP contribution in [0.3, 0.4) is 0 Å². The number of carboxylic acid groups (broad SMARTS) is 1. The third-order valence-electron chi connectivity index (χ3n) is 3.92. The summed E-state index contributed by atoms with van der Waals surface area (Å²) >= 11 is 0. The van der Waals surface area contributed by atoms with Crippen LogP contribution in [-0.4, -0.2) is 34.7 Å². The second-order valence-corrected chi connectivity index (χ2v) is 6.26. The lowest BCUT2D eigenvalue weighted by Gasteiger charge is -2.16. The number of hydrogen-bond acceptors (Lipinski definition) is 5. The molecular weight excluding hydrogens is 336 g/mol. The van der Waals surface area contributed by atoms with E-state index in [-0.39, 0.29) is 11.7 Å². The normalized spacial score (nSPS) is 13.7. The highest BCUT2D eigenvalue weighted by atomic mass is 16.5. The van der Waals surface area contributed by atoms with Gasteiger partial charge < -0.3 is 19.9 Å². The van der Waals surface area contributed by atoms with Crippen molar-refractivity contribution in [3.05, 3.63) is 53.2 Å². The number of benzene rings is 1. The monoisotopic (exact) mass is 356 g/mol. The van der Waals surface area contributed by atoms with Gasteiger partial charge in [-0.3, -0.25) is 4.79 Å². The molecule has 3 rings (SSSR count). The van der Waals surface area contributed by atoms with Crippen molar-refractivity contribution >= 4 is 11.9 Å². The lowest BCUT2D eigenvalue weighted by molar-refractivity contribution is -0.139. The van der Waals surface area contributed by atoms with E-state index < -0.39 is 17.9 Å². The molecule has 2 N–H and O–H groups in total. The summed E-state index contributed by atoms with van der Waals surface area (Å²) in [5.41, 5.74) is 1.71. The molecule has 136 valence electrons. The van der Waals surface area contributed by atoms with E-state index in [0.29, 0.717) is 18.1 Å². The fourth-order valence-electron chi connectivity index (χ4n) is 2.71. The molecule has 0 bridgehead atoms. The highest BCUT2D eigenvalue weighted by molar-refractivity contribution is 5.96. The summed E-state index contributed by atoms with van der Waals surface area (Å²) in [6.07, 6.45) is 2.06. The van der Waals surface area contributed by atoms with Crippen molar-refractivity contribution in [2.24, 2.45) is 0 Å². The van der Waals surface area contributed by atoms with E-state index in [2.05, 4.69) is 10.3 Å². The first-order valence-electron chi connectivity index (χ1n) is 8.36. The second-order valence-electron chi connectivity index (χ2n) is 6.26. The first-order chi connectivity index (χ1) is 12.4. The molecular formula is C19H20N2O5. The quantitative estimate of drug-likeness (QED) is 0.825. The Morgan fingerprint density at radius 1 is 1.27 bits per heavy atom. The predicted octanol–water partition coefficient (Wildman–Crippen LogP) is 2.36. The highest BCUT2D eigenvalue weighted by Gasteiger charge is 2.25. The summed E-state index contributed by atoms with van der Waals surface area (Å²) in [7, 11) is 0. The number of ether oxygens (including phenoxy) is 2. The van der Waals surface area contributed by atoms with Crippen LogP contribution in [-0.2, 0) is 11.2 Å². The van der Waals surface area contributed by atoms with Gasteiger partial charge in [0.05, 0.1) is 18.3 Å². The lowest BCUT2D eigenvalue weighted by atomic mass is 10.0. The van der Waals surface area contributed by atoms with Gasteiger partial charge in [-0.15, -0.1) is 0 Å². The Hall–Kier alpha value is -3.09. The van der Waals surface area contributed by atoms with Crippen LogP contribution in [0.25, 0.3) is 0 Å². The SMILES string of the molecule is CC(C)Oc1ccc(C(=O)NC(C(=O)O)c2ccc3c(c2)CCO3)cn1. The largest absolute Gasteiger partial charge is 0.493 e. The van der Waals surface area contributed by atoms with Crippen molar-refractivity contribution in [3.8, 4) is 11.6 Å². The summed E-state index contributed by atoms with van der Waals surface area (Å²) in [5.74, 6) is -0.484. The summed E-state index contributed by atoms with van der Waals surface area (Å²) in [6.45, 7) is 4.34. The Labute approximate surface area is 151 Å². The van der Waals surface area contributed by atoms with Gasteiger partial charge in [0.15, 0.2) is 6.04 Å². The predicted molar refractivity (Wildman–Crippen MR) is 93.5 cm³/mol. The maximum Gasteiger partial charge on any atom is 0.330 e. The van der Waals surface area contributed by atoms with Crippen molar-refractivity contribution in [2.75, 3.05) is 6.61 Å². The molecule has 1 aromatic carbocycles. The van der Waals surface area contributed by atoms with Crippen molar-refractivity contribution in [3.63, 3.8) is 0 Å². The number of rotatable bonds is 6. The van der Waals surface area contributed by atoms with Crippen molar-refractivity contribution < 1.29 is 24.2 Å². The third-order valence-corrected chi connectivity index (χ3v) is 3.92. The van der Waals surface area contributed by atoms with E-state index in [0.717, 1.165) is 17.7 Å². The topological polar surface area (TPSA) is 97.8 Å². The molecule has 7 nitrogen and oxygen atoms in total. The Morgan fingerprint density at radius 3 is 2.73 bits per heavy atom.